The Kier molecular flexibility index (Phi) is 5.75. The maximum atomic E-state index is 11.9. The minimum absolute atomic E-state index is 0.0581. The Bertz CT molecular complexity index is 771. The number of carboxylic acid groups (broad SMARTS) is 1. The third-order valence-electron chi connectivity index (χ3n) is 4.74. The predicted octanol–water partition coefficient (Wildman–Crippen LogP) is 2.23. The smallest absolute Gasteiger partial charge is 0.325 e. The zero-order valence-corrected chi connectivity index (χ0v) is 14.8. The fourth-order valence-electron chi connectivity index (χ4n) is 3.37. The highest BCUT2D eigenvalue weighted by atomic mass is 16.4. The van der Waals surface area contributed by atoms with Gasteiger partial charge >= 0.3 is 5.97 Å². The van der Waals surface area contributed by atoms with Crippen LogP contribution < -0.4 is 0 Å². The van der Waals surface area contributed by atoms with Crippen LogP contribution in [0.2, 0.25) is 0 Å². The van der Waals surface area contributed by atoms with Gasteiger partial charge in [-0.25, -0.2) is 0 Å². The van der Waals surface area contributed by atoms with E-state index in [1.54, 1.807) is 30.5 Å². The molecule has 0 bridgehead atoms. The molecule has 0 saturated carbocycles. The van der Waals surface area contributed by atoms with Crippen molar-refractivity contribution >= 4 is 11.8 Å². The summed E-state index contributed by atoms with van der Waals surface area (Å²) in [7, 11) is 0. The van der Waals surface area contributed by atoms with E-state index in [0.29, 0.717) is 24.2 Å². The van der Waals surface area contributed by atoms with Gasteiger partial charge in [-0.3, -0.25) is 24.4 Å². The lowest BCUT2D eigenvalue weighted by atomic mass is 10.0. The van der Waals surface area contributed by atoms with Crippen LogP contribution in [0.4, 0.5) is 0 Å². The van der Waals surface area contributed by atoms with Crippen LogP contribution in [0, 0.1) is 0 Å². The molecule has 1 aliphatic heterocycles. The molecule has 1 atom stereocenters. The summed E-state index contributed by atoms with van der Waals surface area (Å²) in [6, 6.07) is 10.2. The number of nitrogens with zero attached hydrogens (tertiary/aromatic N) is 3. The van der Waals surface area contributed by atoms with E-state index in [9.17, 15) is 14.7 Å². The molecule has 0 unspecified atom stereocenters. The molecule has 0 radical (unpaired) electrons. The third kappa shape index (κ3) is 4.33. The SMILES string of the molecule is CC(=O)c1cccc([C@H](C(=O)O)N2CCN(Cc3cccnc3)CC2)c1. The van der Waals surface area contributed by atoms with Crippen LogP contribution in [-0.2, 0) is 11.3 Å². The molecule has 0 aliphatic carbocycles. The molecule has 1 aromatic heterocycles. The molecule has 6 nitrogen and oxygen atoms in total. The van der Waals surface area contributed by atoms with E-state index < -0.39 is 12.0 Å². The summed E-state index contributed by atoms with van der Waals surface area (Å²) in [5.74, 6) is -0.941. The van der Waals surface area contributed by atoms with Crippen molar-refractivity contribution in [2.45, 2.75) is 19.5 Å². The topological polar surface area (TPSA) is 73.7 Å². The number of aliphatic carboxylic acids is 1. The van der Waals surface area contributed by atoms with Crippen LogP contribution in [0.1, 0.15) is 34.5 Å². The van der Waals surface area contributed by atoms with Gasteiger partial charge in [0.15, 0.2) is 5.78 Å². The number of benzene rings is 1. The molecule has 0 spiro atoms. The first-order valence-corrected chi connectivity index (χ1v) is 8.73. The molecular weight excluding hydrogens is 330 g/mol. The van der Waals surface area contributed by atoms with Crippen LogP contribution in [0.5, 0.6) is 0 Å². The summed E-state index contributed by atoms with van der Waals surface area (Å²) < 4.78 is 0. The number of ketones is 1. The first kappa shape index (κ1) is 18.2. The molecule has 1 N–H and O–H groups in total. The van der Waals surface area contributed by atoms with Gasteiger partial charge in [0.05, 0.1) is 0 Å². The Labute approximate surface area is 153 Å². The van der Waals surface area contributed by atoms with Gasteiger partial charge in [0, 0.05) is 50.7 Å². The van der Waals surface area contributed by atoms with E-state index in [1.165, 1.54) is 6.92 Å². The summed E-state index contributed by atoms with van der Waals surface area (Å²) in [6.07, 6.45) is 3.62. The van der Waals surface area contributed by atoms with E-state index in [1.807, 2.05) is 23.2 Å². The van der Waals surface area contributed by atoms with Crippen molar-refractivity contribution in [3.63, 3.8) is 0 Å². The molecular formula is C20H23N3O3. The Morgan fingerprint density at radius 3 is 2.54 bits per heavy atom. The van der Waals surface area contributed by atoms with Crippen LogP contribution in [-0.4, -0.2) is 57.8 Å². The summed E-state index contributed by atoms with van der Waals surface area (Å²) >= 11 is 0. The molecule has 1 aromatic carbocycles. The Balaban J connectivity index is 1.68. The number of hydrogen-bond donors (Lipinski definition) is 1. The van der Waals surface area contributed by atoms with Crippen molar-refractivity contribution in [2.75, 3.05) is 26.2 Å². The van der Waals surface area contributed by atoms with Gasteiger partial charge in [0.2, 0.25) is 0 Å². The number of carbonyl (C=O) groups excluding carboxylic acids is 1. The summed E-state index contributed by atoms with van der Waals surface area (Å²) in [6.45, 7) is 5.24. The number of rotatable bonds is 6. The highest BCUT2D eigenvalue weighted by molar-refractivity contribution is 5.94. The highest BCUT2D eigenvalue weighted by Gasteiger charge is 2.30. The zero-order chi connectivity index (χ0) is 18.5. The molecule has 1 saturated heterocycles. The first-order valence-electron chi connectivity index (χ1n) is 8.73. The highest BCUT2D eigenvalue weighted by Crippen LogP contribution is 2.24. The van der Waals surface area contributed by atoms with Crippen molar-refractivity contribution in [1.82, 2.24) is 14.8 Å². The second-order valence-electron chi connectivity index (χ2n) is 6.60. The Hall–Kier alpha value is -2.57. The lowest BCUT2D eigenvalue weighted by Gasteiger charge is -2.37. The van der Waals surface area contributed by atoms with Gasteiger partial charge in [0.1, 0.15) is 6.04 Å². The summed E-state index contributed by atoms with van der Waals surface area (Å²) in [5.41, 5.74) is 2.36. The minimum atomic E-state index is -0.883. The molecule has 2 heterocycles. The van der Waals surface area contributed by atoms with Gasteiger partial charge in [-0.05, 0) is 30.2 Å². The Morgan fingerprint density at radius 2 is 1.92 bits per heavy atom. The third-order valence-corrected chi connectivity index (χ3v) is 4.74. The average Bonchev–Trinajstić information content (AvgIpc) is 2.64. The van der Waals surface area contributed by atoms with Crippen molar-refractivity contribution in [3.05, 3.63) is 65.5 Å². The van der Waals surface area contributed by atoms with Crippen molar-refractivity contribution in [2.24, 2.45) is 0 Å². The van der Waals surface area contributed by atoms with Gasteiger partial charge in [-0.1, -0.05) is 24.3 Å². The fraction of sp³-hybridized carbons (Fsp3) is 0.350. The van der Waals surface area contributed by atoms with Crippen LogP contribution in [0.15, 0.2) is 48.8 Å². The molecule has 0 amide bonds. The first-order chi connectivity index (χ1) is 12.5. The lowest BCUT2D eigenvalue weighted by molar-refractivity contribution is -0.144. The molecule has 3 rings (SSSR count). The maximum Gasteiger partial charge on any atom is 0.325 e. The van der Waals surface area contributed by atoms with E-state index >= 15 is 0 Å². The average molecular weight is 353 g/mol. The van der Waals surface area contributed by atoms with Gasteiger partial charge in [-0.15, -0.1) is 0 Å². The standard InChI is InChI=1S/C20H23N3O3/c1-15(24)17-5-2-6-18(12-17)19(20(25)26)23-10-8-22(9-11-23)14-16-4-3-7-21-13-16/h2-7,12-13,19H,8-11,14H2,1H3,(H,25,26)/t19-/m1/s1. The number of carbonyl (C=O) groups is 2. The van der Waals surface area contributed by atoms with Crippen LogP contribution in [0.3, 0.4) is 0 Å². The lowest BCUT2D eigenvalue weighted by Crippen LogP contribution is -2.48. The summed E-state index contributed by atoms with van der Waals surface area (Å²) in [4.78, 5) is 31.9. The van der Waals surface area contributed by atoms with Gasteiger partial charge < -0.3 is 5.11 Å². The largest absolute Gasteiger partial charge is 0.480 e. The predicted molar refractivity (Wildman–Crippen MR) is 97.9 cm³/mol. The van der Waals surface area contributed by atoms with Crippen LogP contribution in [0.25, 0.3) is 0 Å². The number of piperazine rings is 1. The van der Waals surface area contributed by atoms with Gasteiger partial charge in [-0.2, -0.15) is 0 Å². The Morgan fingerprint density at radius 1 is 1.15 bits per heavy atom. The van der Waals surface area contributed by atoms with Crippen molar-refractivity contribution in [1.29, 1.82) is 0 Å². The van der Waals surface area contributed by atoms with Gasteiger partial charge in [0.25, 0.3) is 0 Å². The fourth-order valence-corrected chi connectivity index (χ4v) is 3.37. The number of carboxylic acids is 1. The monoisotopic (exact) mass is 353 g/mol. The number of aromatic nitrogens is 1. The molecule has 6 heteroatoms. The van der Waals surface area contributed by atoms with Crippen molar-refractivity contribution in [3.8, 4) is 0 Å². The quantitative estimate of drug-likeness (QED) is 0.803. The molecule has 1 aliphatic rings. The van der Waals surface area contributed by atoms with E-state index in [2.05, 4.69) is 9.88 Å². The normalized spacial score (nSPS) is 17.0. The molecule has 2 aromatic rings. The zero-order valence-electron chi connectivity index (χ0n) is 14.8. The number of Topliss-reactive ketones (excluding diaryl/α,β-unsaturated/α-hetero) is 1. The van der Waals surface area contributed by atoms with E-state index in [4.69, 9.17) is 0 Å². The second kappa shape index (κ2) is 8.21. The number of hydrogen-bond acceptors (Lipinski definition) is 5. The van der Waals surface area contributed by atoms with Crippen LogP contribution >= 0.6 is 0 Å². The summed E-state index contributed by atoms with van der Waals surface area (Å²) in [5, 5.41) is 9.76. The molecule has 26 heavy (non-hydrogen) atoms. The molecule has 1 fully saturated rings. The van der Waals surface area contributed by atoms with E-state index in [0.717, 1.165) is 25.2 Å². The minimum Gasteiger partial charge on any atom is -0.480 e. The van der Waals surface area contributed by atoms with E-state index in [-0.39, 0.29) is 5.78 Å². The second-order valence-corrected chi connectivity index (χ2v) is 6.60. The number of pyridine rings is 1. The molecule has 136 valence electrons. The van der Waals surface area contributed by atoms with Crippen molar-refractivity contribution < 1.29 is 14.7 Å². The maximum absolute atomic E-state index is 11.9.